The predicted octanol–water partition coefficient (Wildman–Crippen LogP) is 7.70. The fourth-order valence-corrected chi connectivity index (χ4v) is 7.03. The average Bonchev–Trinajstić information content (AvgIpc) is 3.62. The van der Waals surface area contributed by atoms with Crippen LogP contribution in [0.25, 0.3) is 0 Å². The highest BCUT2D eigenvalue weighted by Crippen LogP contribution is 2.48. The third-order valence-electron chi connectivity index (χ3n) is 8.26. The smallest absolute Gasteiger partial charge is 0.345 e. The minimum absolute atomic E-state index is 0.0370. The number of urea groups is 1. The van der Waals surface area contributed by atoms with E-state index in [1.54, 1.807) is 62.8 Å². The van der Waals surface area contributed by atoms with Crippen molar-refractivity contribution in [2.75, 3.05) is 33.8 Å². The molecule has 3 atom stereocenters. The van der Waals surface area contributed by atoms with Crippen molar-refractivity contribution in [1.82, 2.24) is 5.06 Å². The largest absolute Gasteiger partial charge is 0.493 e. The van der Waals surface area contributed by atoms with E-state index in [0.717, 1.165) is 10.0 Å². The molecule has 5 rings (SSSR count). The number of sulfone groups is 1. The fraction of sp³-hybridized carbons (Fsp3) is 0.306. The molecule has 3 unspecified atom stereocenters. The second-order valence-electron chi connectivity index (χ2n) is 11.4. The summed E-state index contributed by atoms with van der Waals surface area (Å²) in [4.78, 5) is 13.4. The molecule has 1 aliphatic heterocycles. The molecular weight excluding hydrogens is 732 g/mol. The highest BCUT2D eigenvalue weighted by molar-refractivity contribution is 9.10. The first-order valence-electron chi connectivity index (χ1n) is 15.6. The predicted molar refractivity (Wildman–Crippen MR) is 189 cm³/mol. The molecule has 0 saturated carbocycles. The molecule has 1 aliphatic rings. The Morgan fingerprint density at radius 1 is 0.860 bits per heavy atom. The standard InChI is InChI=1S/C36H39BrN2O10S/c1-22(50(42,43)27-13-11-26(37)12-14-27)48-34-28(38-36(40)39(41)21-23-9-7-6-8-10-23)17-24(18-31(34)44-2)29-15-16-30(49-29)25-19-32(45-3)35(47-5)33(20-25)46-4/h6-14,17-20,22,29-30,41H,15-16,21H2,1-5H3,(H,38,40). The van der Waals surface area contributed by atoms with E-state index in [-0.39, 0.29) is 34.7 Å². The zero-order chi connectivity index (χ0) is 36.0. The molecule has 50 heavy (non-hydrogen) atoms. The number of methoxy groups -OCH3 is 4. The van der Waals surface area contributed by atoms with Crippen molar-refractivity contribution in [1.29, 1.82) is 0 Å². The molecule has 1 heterocycles. The SMILES string of the molecule is COc1cc(C2CCC(c3cc(OC)c(OC)c(OC)c3)O2)cc(NC(=O)N(O)Cc2ccccc2)c1OC(C)S(=O)(=O)c1ccc(Br)cc1. The number of carbonyl (C=O) groups is 1. The van der Waals surface area contributed by atoms with Gasteiger partial charge in [-0.2, -0.15) is 0 Å². The minimum atomic E-state index is -3.99. The molecule has 14 heteroatoms. The van der Waals surface area contributed by atoms with E-state index in [0.29, 0.717) is 46.3 Å². The summed E-state index contributed by atoms with van der Waals surface area (Å²) < 4.78 is 62.6. The third-order valence-corrected chi connectivity index (χ3v) is 10.7. The lowest BCUT2D eigenvalue weighted by molar-refractivity contribution is -0.0449. The lowest BCUT2D eigenvalue weighted by Gasteiger charge is -2.24. The summed E-state index contributed by atoms with van der Waals surface area (Å²) in [6.45, 7) is 1.29. The van der Waals surface area contributed by atoms with Gasteiger partial charge in [0.05, 0.1) is 57.8 Å². The summed E-state index contributed by atoms with van der Waals surface area (Å²) in [6.07, 6.45) is 0.474. The van der Waals surface area contributed by atoms with Crippen LogP contribution < -0.4 is 29.0 Å². The number of hydroxylamine groups is 2. The van der Waals surface area contributed by atoms with Crippen molar-refractivity contribution in [3.8, 4) is 28.7 Å². The van der Waals surface area contributed by atoms with Gasteiger partial charge in [-0.05, 0) is 85.0 Å². The van der Waals surface area contributed by atoms with Crippen LogP contribution in [-0.2, 0) is 21.1 Å². The van der Waals surface area contributed by atoms with Crippen molar-refractivity contribution in [2.24, 2.45) is 0 Å². The monoisotopic (exact) mass is 770 g/mol. The summed E-state index contributed by atoms with van der Waals surface area (Å²) in [5.41, 5.74) is 0.843. The molecular formula is C36H39BrN2O10S. The topological polar surface area (TPSA) is 142 Å². The van der Waals surface area contributed by atoms with Crippen LogP contribution in [-0.4, -0.2) is 58.6 Å². The lowest BCUT2D eigenvalue weighted by Crippen LogP contribution is -2.32. The van der Waals surface area contributed by atoms with Crippen LogP contribution in [0.4, 0.5) is 10.5 Å². The van der Waals surface area contributed by atoms with E-state index < -0.39 is 27.4 Å². The van der Waals surface area contributed by atoms with Crippen molar-refractivity contribution >= 4 is 37.5 Å². The molecule has 4 aromatic carbocycles. The van der Waals surface area contributed by atoms with Crippen molar-refractivity contribution < 1.29 is 46.8 Å². The minimum Gasteiger partial charge on any atom is -0.493 e. The fourth-order valence-electron chi connectivity index (χ4n) is 5.64. The number of carbonyl (C=O) groups excluding carboxylic acids is 1. The van der Waals surface area contributed by atoms with Crippen LogP contribution >= 0.6 is 15.9 Å². The Morgan fingerprint density at radius 3 is 1.94 bits per heavy atom. The van der Waals surface area contributed by atoms with E-state index in [1.165, 1.54) is 33.3 Å². The van der Waals surface area contributed by atoms with Crippen molar-refractivity contribution in [3.63, 3.8) is 0 Å². The number of benzene rings is 4. The highest BCUT2D eigenvalue weighted by Gasteiger charge is 2.33. The zero-order valence-electron chi connectivity index (χ0n) is 28.2. The van der Waals surface area contributed by atoms with Crippen LogP contribution in [0.1, 0.15) is 48.7 Å². The summed E-state index contributed by atoms with van der Waals surface area (Å²) in [5, 5.41) is 13.9. The maximum Gasteiger partial charge on any atom is 0.345 e. The second kappa shape index (κ2) is 16.0. The van der Waals surface area contributed by atoms with Crippen molar-refractivity contribution in [2.45, 2.75) is 48.8 Å². The van der Waals surface area contributed by atoms with Gasteiger partial charge < -0.3 is 33.7 Å². The Morgan fingerprint density at radius 2 is 1.40 bits per heavy atom. The second-order valence-corrected chi connectivity index (χ2v) is 14.5. The van der Waals surface area contributed by atoms with Crippen LogP contribution in [0.15, 0.2) is 88.2 Å². The molecule has 2 N–H and O–H groups in total. The van der Waals surface area contributed by atoms with Crippen LogP contribution in [0, 0.1) is 0 Å². The molecule has 0 aromatic heterocycles. The van der Waals surface area contributed by atoms with Gasteiger partial charge in [0.15, 0.2) is 23.0 Å². The van der Waals surface area contributed by atoms with Gasteiger partial charge in [0.25, 0.3) is 0 Å². The van der Waals surface area contributed by atoms with Gasteiger partial charge in [0, 0.05) is 4.47 Å². The van der Waals surface area contributed by atoms with E-state index in [2.05, 4.69) is 21.2 Å². The lowest BCUT2D eigenvalue weighted by atomic mass is 10.0. The average molecular weight is 772 g/mol. The normalized spacial score (nSPS) is 16.3. The molecule has 2 amide bonds. The van der Waals surface area contributed by atoms with Crippen LogP contribution in [0.3, 0.4) is 0 Å². The Kier molecular flexibility index (Phi) is 11.8. The van der Waals surface area contributed by atoms with Gasteiger partial charge in [-0.1, -0.05) is 46.3 Å². The number of hydrogen-bond acceptors (Lipinski definition) is 10. The van der Waals surface area contributed by atoms with E-state index in [9.17, 15) is 18.4 Å². The third kappa shape index (κ3) is 8.10. The zero-order valence-corrected chi connectivity index (χ0v) is 30.6. The maximum atomic E-state index is 13.5. The highest BCUT2D eigenvalue weighted by atomic mass is 79.9. The summed E-state index contributed by atoms with van der Waals surface area (Å²) in [7, 11) is 2.05. The molecule has 0 aliphatic carbocycles. The number of nitrogens with one attached hydrogen (secondary N) is 1. The van der Waals surface area contributed by atoms with Gasteiger partial charge in [-0.3, -0.25) is 5.21 Å². The number of rotatable bonds is 13. The van der Waals surface area contributed by atoms with Crippen molar-refractivity contribution in [3.05, 3.63) is 100 Å². The first-order valence-corrected chi connectivity index (χ1v) is 18.0. The van der Waals surface area contributed by atoms with E-state index in [4.69, 9.17) is 28.4 Å². The Hall–Kier alpha value is -4.50. The first-order chi connectivity index (χ1) is 24.0. The van der Waals surface area contributed by atoms with Gasteiger partial charge >= 0.3 is 6.03 Å². The molecule has 0 spiro atoms. The summed E-state index contributed by atoms with van der Waals surface area (Å²) in [6, 6.07) is 21.3. The molecule has 1 fully saturated rings. The molecule has 0 radical (unpaired) electrons. The number of amides is 2. The summed E-state index contributed by atoms with van der Waals surface area (Å²) >= 11 is 3.32. The maximum absolute atomic E-state index is 13.5. The molecule has 266 valence electrons. The van der Waals surface area contributed by atoms with Crippen LogP contribution in [0.2, 0.25) is 0 Å². The van der Waals surface area contributed by atoms with Gasteiger partial charge in [-0.25, -0.2) is 18.3 Å². The molecule has 4 aromatic rings. The molecule has 0 bridgehead atoms. The molecule has 1 saturated heterocycles. The van der Waals surface area contributed by atoms with E-state index >= 15 is 0 Å². The van der Waals surface area contributed by atoms with Crippen LogP contribution in [0.5, 0.6) is 28.7 Å². The molecule has 12 nitrogen and oxygen atoms in total. The number of halogens is 1. The Balaban J connectivity index is 1.48. The Labute approximate surface area is 299 Å². The van der Waals surface area contributed by atoms with Gasteiger partial charge in [0.2, 0.25) is 21.0 Å². The first kappa shape index (κ1) is 36.8. The number of hydrogen-bond donors (Lipinski definition) is 2. The number of nitrogens with zero attached hydrogens (tertiary/aromatic N) is 1. The number of anilines is 1. The van der Waals surface area contributed by atoms with Gasteiger partial charge in [-0.15, -0.1) is 0 Å². The van der Waals surface area contributed by atoms with Gasteiger partial charge in [0.1, 0.15) is 0 Å². The number of ether oxygens (including phenoxy) is 6. The quantitative estimate of drug-likeness (QED) is 0.103. The Bertz CT molecular complexity index is 1880. The van der Waals surface area contributed by atoms with E-state index in [1.807, 2.05) is 18.2 Å². The summed E-state index contributed by atoms with van der Waals surface area (Å²) in [5.74, 6) is 1.58.